The van der Waals surface area contributed by atoms with Crippen molar-refractivity contribution in [2.24, 2.45) is 5.84 Å². The van der Waals surface area contributed by atoms with Gasteiger partial charge in [0.2, 0.25) is 0 Å². The highest BCUT2D eigenvalue weighted by molar-refractivity contribution is 5.47. The molecular weight excluding hydrogens is 164 g/mol. The Morgan fingerprint density at radius 1 is 1.23 bits per heavy atom. The molecule has 13 heavy (non-hydrogen) atoms. The van der Waals surface area contributed by atoms with E-state index in [-0.39, 0.29) is 0 Å². The van der Waals surface area contributed by atoms with Crippen molar-refractivity contribution in [3.8, 4) is 5.69 Å². The van der Waals surface area contributed by atoms with Gasteiger partial charge in [0.1, 0.15) is 0 Å². The van der Waals surface area contributed by atoms with Crippen LogP contribution in [0.3, 0.4) is 0 Å². The number of nitrogen functional groups attached to an aromatic ring is 1. The highest BCUT2D eigenvalue weighted by atomic mass is 15.2. The van der Waals surface area contributed by atoms with Gasteiger partial charge in [-0.25, -0.2) is 4.98 Å². The molecule has 0 bridgehead atoms. The second-order valence-electron chi connectivity index (χ2n) is 2.66. The van der Waals surface area contributed by atoms with Crippen LogP contribution in [0.15, 0.2) is 43.0 Å². The first kappa shape index (κ1) is 7.82. The SMILES string of the molecule is NNc1ccc(-n2ccnc2)cc1. The van der Waals surface area contributed by atoms with Gasteiger partial charge in [0.05, 0.1) is 6.33 Å². The molecule has 0 unspecified atom stereocenters. The molecule has 3 N–H and O–H groups in total. The van der Waals surface area contributed by atoms with Crippen LogP contribution in [-0.4, -0.2) is 9.55 Å². The number of rotatable bonds is 2. The third kappa shape index (κ3) is 1.52. The minimum atomic E-state index is 0.892. The van der Waals surface area contributed by atoms with Crippen molar-refractivity contribution in [3.05, 3.63) is 43.0 Å². The van der Waals surface area contributed by atoms with Crippen molar-refractivity contribution >= 4 is 5.69 Å². The molecule has 0 spiro atoms. The topological polar surface area (TPSA) is 55.9 Å². The minimum absolute atomic E-state index is 0.892. The largest absolute Gasteiger partial charge is 0.324 e. The lowest BCUT2D eigenvalue weighted by atomic mass is 10.3. The number of aromatic nitrogens is 2. The number of nitrogens with two attached hydrogens (primary N) is 1. The predicted molar refractivity (Wildman–Crippen MR) is 51.4 cm³/mol. The Labute approximate surface area is 76.0 Å². The maximum atomic E-state index is 5.25. The van der Waals surface area contributed by atoms with Crippen LogP contribution in [0.25, 0.3) is 5.69 Å². The third-order valence-electron chi connectivity index (χ3n) is 1.84. The Bertz CT molecular complexity index is 363. The molecule has 0 fully saturated rings. The fraction of sp³-hybridized carbons (Fsp3) is 0. The van der Waals surface area contributed by atoms with Crippen LogP contribution >= 0.6 is 0 Å². The lowest BCUT2D eigenvalue weighted by molar-refractivity contribution is 1.06. The highest BCUT2D eigenvalue weighted by Gasteiger charge is 1.93. The molecule has 1 aromatic carbocycles. The molecular formula is C9H10N4. The summed E-state index contributed by atoms with van der Waals surface area (Å²) in [5, 5.41) is 0. The molecule has 2 aromatic rings. The van der Waals surface area contributed by atoms with Gasteiger partial charge >= 0.3 is 0 Å². The average molecular weight is 174 g/mol. The lowest BCUT2D eigenvalue weighted by Crippen LogP contribution is -2.06. The molecule has 0 aliphatic heterocycles. The monoisotopic (exact) mass is 174 g/mol. The van der Waals surface area contributed by atoms with Crippen molar-refractivity contribution in [1.29, 1.82) is 0 Å². The maximum absolute atomic E-state index is 5.25. The Morgan fingerprint density at radius 2 is 2.00 bits per heavy atom. The van der Waals surface area contributed by atoms with Crippen LogP contribution in [0.1, 0.15) is 0 Å². The molecule has 66 valence electrons. The van der Waals surface area contributed by atoms with Crippen LogP contribution in [0.5, 0.6) is 0 Å². The van der Waals surface area contributed by atoms with Crippen molar-refractivity contribution in [1.82, 2.24) is 9.55 Å². The first-order valence-corrected chi connectivity index (χ1v) is 3.95. The van der Waals surface area contributed by atoms with E-state index in [2.05, 4.69) is 10.4 Å². The second kappa shape index (κ2) is 3.28. The lowest BCUT2D eigenvalue weighted by Gasteiger charge is -2.03. The number of anilines is 1. The van der Waals surface area contributed by atoms with Crippen molar-refractivity contribution in [2.45, 2.75) is 0 Å². The van der Waals surface area contributed by atoms with Crippen LogP contribution in [0.2, 0.25) is 0 Å². The van der Waals surface area contributed by atoms with E-state index >= 15 is 0 Å². The van der Waals surface area contributed by atoms with Crippen LogP contribution in [0.4, 0.5) is 5.69 Å². The standard InChI is InChI=1S/C9H10N4/c10-12-8-1-3-9(4-2-8)13-6-5-11-7-13/h1-7,12H,10H2. The summed E-state index contributed by atoms with van der Waals surface area (Å²) in [6.45, 7) is 0. The normalized spacial score (nSPS) is 9.92. The molecule has 0 saturated carbocycles. The molecule has 0 amide bonds. The van der Waals surface area contributed by atoms with Crippen LogP contribution in [-0.2, 0) is 0 Å². The molecule has 0 aliphatic carbocycles. The summed E-state index contributed by atoms with van der Waals surface area (Å²) in [5.41, 5.74) is 4.53. The number of hydrogen-bond donors (Lipinski definition) is 2. The van der Waals surface area contributed by atoms with E-state index in [1.54, 1.807) is 12.5 Å². The van der Waals surface area contributed by atoms with Gasteiger partial charge < -0.3 is 9.99 Å². The van der Waals surface area contributed by atoms with E-state index < -0.39 is 0 Å². The molecule has 4 nitrogen and oxygen atoms in total. The zero-order valence-corrected chi connectivity index (χ0v) is 7.01. The van der Waals surface area contributed by atoms with Gasteiger partial charge in [-0.3, -0.25) is 5.84 Å². The van der Waals surface area contributed by atoms with Gasteiger partial charge in [-0.05, 0) is 24.3 Å². The first-order valence-electron chi connectivity index (χ1n) is 3.95. The van der Waals surface area contributed by atoms with E-state index in [4.69, 9.17) is 5.84 Å². The maximum Gasteiger partial charge on any atom is 0.0991 e. The first-order chi connectivity index (χ1) is 6.40. The van der Waals surface area contributed by atoms with Gasteiger partial charge in [-0.15, -0.1) is 0 Å². The average Bonchev–Trinajstić information content (AvgIpc) is 2.71. The number of hydrazine groups is 1. The Hall–Kier alpha value is -1.81. The van der Waals surface area contributed by atoms with Gasteiger partial charge in [0, 0.05) is 23.8 Å². The van der Waals surface area contributed by atoms with Crippen molar-refractivity contribution in [2.75, 3.05) is 5.43 Å². The van der Waals surface area contributed by atoms with Gasteiger partial charge in [0.15, 0.2) is 0 Å². The fourth-order valence-electron chi connectivity index (χ4n) is 1.14. The number of nitrogens with one attached hydrogen (secondary N) is 1. The zero-order chi connectivity index (χ0) is 9.10. The van der Waals surface area contributed by atoms with Crippen LogP contribution < -0.4 is 11.3 Å². The van der Waals surface area contributed by atoms with Gasteiger partial charge in [-0.2, -0.15) is 0 Å². The molecule has 1 heterocycles. The Kier molecular flexibility index (Phi) is 1.97. The van der Waals surface area contributed by atoms with Crippen LogP contribution in [0, 0.1) is 0 Å². The van der Waals surface area contributed by atoms with Crippen molar-refractivity contribution in [3.63, 3.8) is 0 Å². The molecule has 1 aromatic heterocycles. The molecule has 2 rings (SSSR count). The number of nitrogens with zero attached hydrogens (tertiary/aromatic N) is 2. The van der Waals surface area contributed by atoms with E-state index in [9.17, 15) is 0 Å². The summed E-state index contributed by atoms with van der Waals surface area (Å²) in [6.07, 6.45) is 5.39. The molecule has 0 aliphatic rings. The molecule has 0 saturated heterocycles. The summed E-state index contributed by atoms with van der Waals surface area (Å²) < 4.78 is 1.93. The van der Waals surface area contributed by atoms with E-state index in [1.807, 2.05) is 35.0 Å². The zero-order valence-electron chi connectivity index (χ0n) is 7.01. The predicted octanol–water partition coefficient (Wildman–Crippen LogP) is 1.16. The summed E-state index contributed by atoms with van der Waals surface area (Å²) in [7, 11) is 0. The quantitative estimate of drug-likeness (QED) is 0.530. The Balaban J connectivity index is 2.33. The molecule has 0 atom stereocenters. The number of benzene rings is 1. The van der Waals surface area contributed by atoms with E-state index in [0.29, 0.717) is 0 Å². The summed E-state index contributed by atoms with van der Waals surface area (Å²) in [5.74, 6) is 5.25. The second-order valence-corrected chi connectivity index (χ2v) is 2.66. The van der Waals surface area contributed by atoms with Gasteiger partial charge in [0.25, 0.3) is 0 Å². The molecule has 4 heteroatoms. The van der Waals surface area contributed by atoms with Crippen molar-refractivity contribution < 1.29 is 0 Å². The van der Waals surface area contributed by atoms with Gasteiger partial charge in [-0.1, -0.05) is 0 Å². The summed E-state index contributed by atoms with van der Waals surface area (Å²) in [6, 6.07) is 7.76. The number of hydrogen-bond acceptors (Lipinski definition) is 3. The summed E-state index contributed by atoms with van der Waals surface area (Å²) in [4.78, 5) is 3.96. The van der Waals surface area contributed by atoms with E-state index in [1.165, 1.54) is 0 Å². The number of imidazole rings is 1. The minimum Gasteiger partial charge on any atom is -0.324 e. The molecule has 0 radical (unpaired) electrons. The van der Waals surface area contributed by atoms with E-state index in [0.717, 1.165) is 11.4 Å². The fourth-order valence-corrected chi connectivity index (χ4v) is 1.14. The summed E-state index contributed by atoms with van der Waals surface area (Å²) >= 11 is 0. The smallest absolute Gasteiger partial charge is 0.0991 e. The Morgan fingerprint density at radius 3 is 2.54 bits per heavy atom. The third-order valence-corrected chi connectivity index (χ3v) is 1.84. The highest BCUT2D eigenvalue weighted by Crippen LogP contribution is 2.11.